The number of rotatable bonds is 4. The van der Waals surface area contributed by atoms with E-state index in [9.17, 15) is 0 Å². The van der Waals surface area contributed by atoms with E-state index in [2.05, 4.69) is 39.2 Å². The van der Waals surface area contributed by atoms with Gasteiger partial charge < -0.3 is 5.32 Å². The number of hydrogen-bond acceptors (Lipinski definition) is 2. The van der Waals surface area contributed by atoms with Crippen LogP contribution in [-0.2, 0) is 6.54 Å². The van der Waals surface area contributed by atoms with Crippen LogP contribution >= 0.6 is 27.5 Å². The van der Waals surface area contributed by atoms with Crippen molar-refractivity contribution in [1.82, 2.24) is 10.3 Å². The van der Waals surface area contributed by atoms with Crippen molar-refractivity contribution in [2.45, 2.75) is 19.5 Å². The lowest BCUT2D eigenvalue weighted by Gasteiger charge is -2.14. The summed E-state index contributed by atoms with van der Waals surface area (Å²) in [5, 5.41) is 4.20. The second-order valence-corrected chi connectivity index (χ2v) is 5.39. The van der Waals surface area contributed by atoms with Gasteiger partial charge in [-0.2, -0.15) is 0 Å². The Hall–Kier alpha value is -0.900. The summed E-state index contributed by atoms with van der Waals surface area (Å²) in [5.74, 6) is 0. The lowest BCUT2D eigenvalue weighted by molar-refractivity contribution is 0.574. The van der Waals surface area contributed by atoms with Gasteiger partial charge in [-0.3, -0.25) is 4.98 Å². The van der Waals surface area contributed by atoms with E-state index in [1.807, 2.05) is 36.7 Å². The van der Waals surface area contributed by atoms with Crippen molar-refractivity contribution in [3.63, 3.8) is 0 Å². The first-order valence-corrected chi connectivity index (χ1v) is 6.91. The van der Waals surface area contributed by atoms with E-state index in [4.69, 9.17) is 11.6 Å². The van der Waals surface area contributed by atoms with Crippen molar-refractivity contribution in [3.05, 3.63) is 63.3 Å². The minimum atomic E-state index is 0.287. The predicted octanol–water partition coefficient (Wildman–Crippen LogP) is 4.35. The second-order valence-electron chi connectivity index (χ2n) is 4.13. The number of nitrogens with one attached hydrogen (secondary N) is 1. The number of aromatic nitrogens is 1. The fourth-order valence-corrected chi connectivity index (χ4v) is 2.14. The lowest BCUT2D eigenvalue weighted by atomic mass is 10.1. The van der Waals surface area contributed by atoms with Crippen LogP contribution in [-0.4, -0.2) is 4.98 Å². The van der Waals surface area contributed by atoms with Gasteiger partial charge in [-0.1, -0.05) is 17.7 Å². The average Bonchev–Trinajstić information content (AvgIpc) is 2.41. The van der Waals surface area contributed by atoms with Crippen LogP contribution in [0.25, 0.3) is 0 Å². The molecule has 2 rings (SSSR count). The molecule has 0 bridgehead atoms. The average molecular weight is 326 g/mol. The highest BCUT2D eigenvalue weighted by atomic mass is 79.9. The second kappa shape index (κ2) is 6.32. The normalized spacial score (nSPS) is 12.4. The van der Waals surface area contributed by atoms with Crippen molar-refractivity contribution >= 4 is 27.5 Å². The molecule has 0 aliphatic rings. The van der Waals surface area contributed by atoms with E-state index in [-0.39, 0.29) is 6.04 Å². The Kier molecular flexibility index (Phi) is 4.75. The van der Waals surface area contributed by atoms with E-state index in [0.717, 1.165) is 16.0 Å². The van der Waals surface area contributed by atoms with Gasteiger partial charge in [0.1, 0.15) is 0 Å². The number of nitrogens with zero attached hydrogens (tertiary/aromatic N) is 1. The van der Waals surface area contributed by atoms with Gasteiger partial charge >= 0.3 is 0 Å². The third-order valence-corrected chi connectivity index (χ3v) is 4.03. The number of benzene rings is 1. The standard InChI is InChI=1S/C14H14BrClN2/c1-10(12-4-6-17-7-5-12)18-9-11-2-3-13(15)14(16)8-11/h2-8,10,18H,9H2,1H3/t10-/m0/s1. The molecule has 2 nitrogen and oxygen atoms in total. The Balaban J connectivity index is 1.97. The Morgan fingerprint density at radius 2 is 2.00 bits per heavy atom. The van der Waals surface area contributed by atoms with Crippen molar-refractivity contribution < 1.29 is 0 Å². The monoisotopic (exact) mass is 324 g/mol. The van der Waals surface area contributed by atoms with Gasteiger partial charge in [0.25, 0.3) is 0 Å². The molecule has 1 heterocycles. The molecule has 4 heteroatoms. The summed E-state index contributed by atoms with van der Waals surface area (Å²) in [6, 6.07) is 10.3. The predicted molar refractivity (Wildman–Crippen MR) is 78.6 cm³/mol. The quantitative estimate of drug-likeness (QED) is 0.904. The van der Waals surface area contributed by atoms with Gasteiger partial charge in [0.05, 0.1) is 5.02 Å². The fraction of sp³-hybridized carbons (Fsp3) is 0.214. The van der Waals surface area contributed by atoms with Crippen LogP contribution in [0.1, 0.15) is 24.1 Å². The molecule has 0 aliphatic carbocycles. The summed E-state index contributed by atoms with van der Waals surface area (Å²) in [5.41, 5.74) is 2.40. The summed E-state index contributed by atoms with van der Waals surface area (Å²) >= 11 is 9.45. The Labute approximate surface area is 121 Å². The van der Waals surface area contributed by atoms with Crippen molar-refractivity contribution in [2.24, 2.45) is 0 Å². The molecule has 1 aromatic carbocycles. The number of pyridine rings is 1. The molecule has 0 unspecified atom stereocenters. The summed E-state index contributed by atoms with van der Waals surface area (Å²) < 4.78 is 0.926. The minimum absolute atomic E-state index is 0.287. The molecule has 1 atom stereocenters. The van der Waals surface area contributed by atoms with Gasteiger partial charge in [-0.15, -0.1) is 0 Å². The third-order valence-electron chi connectivity index (χ3n) is 2.80. The highest BCUT2D eigenvalue weighted by Crippen LogP contribution is 2.23. The highest BCUT2D eigenvalue weighted by molar-refractivity contribution is 9.10. The first-order chi connectivity index (χ1) is 8.66. The third kappa shape index (κ3) is 3.55. The van der Waals surface area contributed by atoms with Crippen LogP contribution in [0.3, 0.4) is 0 Å². The Morgan fingerprint density at radius 3 is 2.67 bits per heavy atom. The zero-order valence-electron chi connectivity index (χ0n) is 10.0. The van der Waals surface area contributed by atoms with Gasteiger partial charge in [0, 0.05) is 29.5 Å². The van der Waals surface area contributed by atoms with E-state index in [1.165, 1.54) is 11.1 Å². The van der Waals surface area contributed by atoms with Crippen LogP contribution in [0.5, 0.6) is 0 Å². The first kappa shape index (κ1) is 13.5. The maximum atomic E-state index is 6.06. The number of halogens is 2. The van der Waals surface area contributed by atoms with Crippen molar-refractivity contribution in [1.29, 1.82) is 0 Å². The zero-order valence-corrected chi connectivity index (χ0v) is 12.4. The SMILES string of the molecule is C[C@H](NCc1ccc(Br)c(Cl)c1)c1ccncc1. The molecule has 0 saturated carbocycles. The maximum Gasteiger partial charge on any atom is 0.0551 e. The van der Waals surface area contributed by atoms with Crippen LogP contribution in [0.2, 0.25) is 5.02 Å². The molecule has 0 amide bonds. The van der Waals surface area contributed by atoms with Gasteiger partial charge in [-0.25, -0.2) is 0 Å². The van der Waals surface area contributed by atoms with Gasteiger partial charge in [0.2, 0.25) is 0 Å². The molecule has 0 spiro atoms. The summed E-state index contributed by atoms with van der Waals surface area (Å²) in [6.45, 7) is 2.92. The molecule has 0 saturated heterocycles. The largest absolute Gasteiger partial charge is 0.306 e. The minimum Gasteiger partial charge on any atom is -0.306 e. The summed E-state index contributed by atoms with van der Waals surface area (Å²) in [7, 11) is 0. The highest BCUT2D eigenvalue weighted by Gasteiger charge is 2.05. The van der Waals surface area contributed by atoms with Crippen LogP contribution in [0.15, 0.2) is 47.2 Å². The Morgan fingerprint density at radius 1 is 1.28 bits per heavy atom. The summed E-state index contributed by atoms with van der Waals surface area (Å²) in [4.78, 5) is 4.02. The molecular weight excluding hydrogens is 312 g/mol. The number of hydrogen-bond donors (Lipinski definition) is 1. The molecule has 1 N–H and O–H groups in total. The molecule has 18 heavy (non-hydrogen) atoms. The van der Waals surface area contributed by atoms with Gasteiger partial charge in [-0.05, 0) is 58.2 Å². The van der Waals surface area contributed by atoms with E-state index in [1.54, 1.807) is 0 Å². The topological polar surface area (TPSA) is 24.9 Å². The van der Waals surface area contributed by atoms with Crippen LogP contribution in [0.4, 0.5) is 0 Å². The lowest BCUT2D eigenvalue weighted by Crippen LogP contribution is -2.18. The molecule has 0 radical (unpaired) electrons. The molecular formula is C14H14BrClN2. The zero-order chi connectivity index (χ0) is 13.0. The molecule has 0 fully saturated rings. The maximum absolute atomic E-state index is 6.06. The van der Waals surface area contributed by atoms with Crippen LogP contribution < -0.4 is 5.32 Å². The van der Waals surface area contributed by atoms with Gasteiger partial charge in [0.15, 0.2) is 0 Å². The van der Waals surface area contributed by atoms with Crippen molar-refractivity contribution in [3.8, 4) is 0 Å². The van der Waals surface area contributed by atoms with E-state index in [0.29, 0.717) is 0 Å². The molecule has 1 aromatic heterocycles. The molecule has 94 valence electrons. The fourth-order valence-electron chi connectivity index (χ4n) is 1.69. The smallest absolute Gasteiger partial charge is 0.0551 e. The Bertz CT molecular complexity index is 516. The van der Waals surface area contributed by atoms with Crippen LogP contribution in [0, 0.1) is 0 Å². The van der Waals surface area contributed by atoms with Crippen molar-refractivity contribution in [2.75, 3.05) is 0 Å². The molecule has 0 aliphatic heterocycles. The first-order valence-electron chi connectivity index (χ1n) is 5.74. The molecule has 2 aromatic rings. The van der Waals surface area contributed by atoms with E-state index >= 15 is 0 Å². The summed E-state index contributed by atoms with van der Waals surface area (Å²) in [6.07, 6.45) is 3.62. The van der Waals surface area contributed by atoms with E-state index < -0.39 is 0 Å².